The van der Waals surface area contributed by atoms with Crippen LogP contribution in [0.5, 0.6) is 5.75 Å². The first-order valence-electron chi connectivity index (χ1n) is 7.32. The number of hydrogen-bond acceptors (Lipinski definition) is 2. The number of imidazole rings is 1. The Bertz CT molecular complexity index is 1050. The van der Waals surface area contributed by atoms with Gasteiger partial charge in [0.2, 0.25) is 0 Å². The average molecular weight is 302 g/mol. The van der Waals surface area contributed by atoms with Gasteiger partial charge in [0, 0.05) is 0 Å². The molecular weight excluding hydrogens is 288 g/mol. The van der Waals surface area contributed by atoms with Crippen molar-refractivity contribution in [2.24, 2.45) is 0 Å². The molecule has 0 bridgehead atoms. The Morgan fingerprint density at radius 1 is 0.826 bits per heavy atom. The second kappa shape index (κ2) is 5.18. The van der Waals surface area contributed by atoms with Crippen molar-refractivity contribution in [3.63, 3.8) is 0 Å². The lowest BCUT2D eigenvalue weighted by molar-refractivity contribution is 0.472. The van der Waals surface area contributed by atoms with Crippen LogP contribution in [0.1, 0.15) is 0 Å². The van der Waals surface area contributed by atoms with Gasteiger partial charge in [0.15, 0.2) is 0 Å². The number of aromatic amines is 1. The van der Waals surface area contributed by atoms with Gasteiger partial charge in [-0.2, -0.15) is 0 Å². The number of fused-ring (bicyclic) bond motifs is 1. The fourth-order valence-corrected chi connectivity index (χ4v) is 2.81. The van der Waals surface area contributed by atoms with Gasteiger partial charge >= 0.3 is 5.69 Å². The summed E-state index contributed by atoms with van der Waals surface area (Å²) in [6.45, 7) is 0. The molecule has 0 aliphatic rings. The van der Waals surface area contributed by atoms with Crippen LogP contribution in [0.15, 0.2) is 77.6 Å². The molecule has 1 aromatic heterocycles. The van der Waals surface area contributed by atoms with E-state index in [0.29, 0.717) is 5.69 Å². The fraction of sp³-hybridized carbons (Fsp3) is 0. The minimum atomic E-state index is -0.272. The van der Waals surface area contributed by atoms with Crippen LogP contribution in [0.3, 0.4) is 0 Å². The van der Waals surface area contributed by atoms with Gasteiger partial charge in [-0.05, 0) is 35.4 Å². The lowest BCUT2D eigenvalue weighted by Crippen LogP contribution is -2.14. The topological polar surface area (TPSA) is 58.0 Å². The third-order valence-electron chi connectivity index (χ3n) is 3.91. The molecule has 3 aromatic carbocycles. The zero-order valence-corrected chi connectivity index (χ0v) is 12.2. The van der Waals surface area contributed by atoms with Crippen molar-refractivity contribution in [3.05, 3.63) is 83.3 Å². The second-order valence-corrected chi connectivity index (χ2v) is 5.35. The Morgan fingerprint density at radius 3 is 2.39 bits per heavy atom. The molecule has 0 atom stereocenters. The minimum absolute atomic E-state index is 0.0662. The van der Waals surface area contributed by atoms with Crippen LogP contribution in [0.25, 0.3) is 27.8 Å². The number of nitrogens with one attached hydrogen (secondary N) is 1. The SMILES string of the molecule is O=c1[nH]c2ccccc2n1-c1cc(-c2ccccc2)ccc1O. The van der Waals surface area contributed by atoms with E-state index >= 15 is 0 Å². The summed E-state index contributed by atoms with van der Waals surface area (Å²) in [5, 5.41) is 10.3. The lowest BCUT2D eigenvalue weighted by Gasteiger charge is -2.09. The van der Waals surface area contributed by atoms with E-state index in [4.69, 9.17) is 0 Å². The number of benzene rings is 3. The largest absolute Gasteiger partial charge is 0.506 e. The number of rotatable bonds is 2. The van der Waals surface area contributed by atoms with Crippen LogP contribution in [-0.2, 0) is 0 Å². The summed E-state index contributed by atoms with van der Waals surface area (Å²) in [5.41, 5.74) is 3.64. The molecule has 0 amide bonds. The van der Waals surface area contributed by atoms with E-state index in [2.05, 4.69) is 4.98 Å². The Hall–Kier alpha value is -3.27. The third-order valence-corrected chi connectivity index (χ3v) is 3.91. The van der Waals surface area contributed by atoms with Crippen LogP contribution in [-0.4, -0.2) is 14.7 Å². The molecule has 2 N–H and O–H groups in total. The lowest BCUT2D eigenvalue weighted by atomic mass is 10.0. The molecule has 1 heterocycles. The first-order valence-corrected chi connectivity index (χ1v) is 7.32. The number of H-pyrrole nitrogens is 1. The number of nitrogens with zero attached hydrogens (tertiary/aromatic N) is 1. The highest BCUT2D eigenvalue weighted by molar-refractivity contribution is 5.79. The zero-order valence-electron chi connectivity index (χ0n) is 12.2. The average Bonchev–Trinajstić information content (AvgIpc) is 2.92. The maximum atomic E-state index is 12.3. The molecule has 0 saturated heterocycles. The van der Waals surface area contributed by atoms with Crippen molar-refractivity contribution < 1.29 is 5.11 Å². The van der Waals surface area contributed by atoms with E-state index in [1.54, 1.807) is 6.07 Å². The van der Waals surface area contributed by atoms with Gasteiger partial charge in [-0.3, -0.25) is 4.57 Å². The van der Waals surface area contributed by atoms with Gasteiger partial charge in [0.25, 0.3) is 0 Å². The summed E-state index contributed by atoms with van der Waals surface area (Å²) < 4.78 is 1.50. The van der Waals surface area contributed by atoms with Crippen LogP contribution < -0.4 is 5.69 Å². The van der Waals surface area contributed by atoms with Crippen molar-refractivity contribution in [2.75, 3.05) is 0 Å². The highest BCUT2D eigenvalue weighted by atomic mass is 16.3. The molecule has 0 saturated carbocycles. The highest BCUT2D eigenvalue weighted by Crippen LogP contribution is 2.29. The van der Waals surface area contributed by atoms with E-state index in [0.717, 1.165) is 22.2 Å². The first kappa shape index (κ1) is 13.4. The van der Waals surface area contributed by atoms with E-state index in [9.17, 15) is 9.90 Å². The number of phenolic OH excluding ortho intramolecular Hbond substituents is 1. The smallest absolute Gasteiger partial charge is 0.331 e. The maximum absolute atomic E-state index is 12.3. The summed E-state index contributed by atoms with van der Waals surface area (Å²) in [5.74, 6) is 0.0662. The van der Waals surface area contributed by atoms with Crippen molar-refractivity contribution in [3.8, 4) is 22.6 Å². The molecule has 4 rings (SSSR count). The molecule has 4 nitrogen and oxygen atoms in total. The van der Waals surface area contributed by atoms with Crippen molar-refractivity contribution >= 4 is 11.0 Å². The molecular formula is C19H14N2O2. The second-order valence-electron chi connectivity index (χ2n) is 5.35. The molecule has 0 unspecified atom stereocenters. The van der Waals surface area contributed by atoms with Crippen LogP contribution >= 0.6 is 0 Å². The molecule has 0 radical (unpaired) electrons. The number of hydrogen-bond donors (Lipinski definition) is 2. The monoisotopic (exact) mass is 302 g/mol. The quantitative estimate of drug-likeness (QED) is 0.593. The summed E-state index contributed by atoms with van der Waals surface area (Å²) in [6.07, 6.45) is 0. The Labute approximate surface area is 132 Å². The standard InChI is InChI=1S/C19H14N2O2/c22-18-11-10-14(13-6-2-1-3-7-13)12-17(18)21-16-9-5-4-8-15(16)20-19(21)23/h1-12,22H,(H,20,23). The number of aromatic hydroxyl groups is 1. The molecule has 4 aromatic rings. The van der Waals surface area contributed by atoms with Gasteiger partial charge in [0.1, 0.15) is 5.75 Å². The summed E-state index contributed by atoms with van der Waals surface area (Å²) in [7, 11) is 0. The van der Waals surface area contributed by atoms with Gasteiger partial charge in [-0.15, -0.1) is 0 Å². The number of aromatic nitrogens is 2. The summed E-state index contributed by atoms with van der Waals surface area (Å²) in [6, 6.07) is 22.6. The molecule has 112 valence electrons. The Kier molecular flexibility index (Phi) is 3.01. The van der Waals surface area contributed by atoms with Crippen molar-refractivity contribution in [1.82, 2.24) is 9.55 Å². The molecule has 0 fully saturated rings. The zero-order chi connectivity index (χ0) is 15.8. The van der Waals surface area contributed by atoms with E-state index in [-0.39, 0.29) is 11.4 Å². The van der Waals surface area contributed by atoms with Gasteiger partial charge in [-0.25, -0.2) is 4.79 Å². The van der Waals surface area contributed by atoms with Gasteiger partial charge in [0.05, 0.1) is 16.7 Å². The predicted octanol–water partition coefficient (Wildman–Crippen LogP) is 3.69. The van der Waals surface area contributed by atoms with Crippen molar-refractivity contribution in [1.29, 1.82) is 0 Å². The Morgan fingerprint density at radius 2 is 1.57 bits per heavy atom. The van der Waals surface area contributed by atoms with Crippen LogP contribution in [0, 0.1) is 0 Å². The number of phenols is 1. The molecule has 4 heteroatoms. The Balaban J connectivity index is 1.98. The highest BCUT2D eigenvalue weighted by Gasteiger charge is 2.13. The maximum Gasteiger partial charge on any atom is 0.331 e. The molecule has 23 heavy (non-hydrogen) atoms. The van der Waals surface area contributed by atoms with Crippen molar-refractivity contribution in [2.45, 2.75) is 0 Å². The molecule has 0 aliphatic heterocycles. The van der Waals surface area contributed by atoms with Gasteiger partial charge < -0.3 is 10.1 Å². The van der Waals surface area contributed by atoms with Crippen LogP contribution in [0.4, 0.5) is 0 Å². The molecule has 0 aliphatic carbocycles. The van der Waals surface area contributed by atoms with Gasteiger partial charge in [-0.1, -0.05) is 48.5 Å². The first-order chi connectivity index (χ1) is 11.2. The fourth-order valence-electron chi connectivity index (χ4n) is 2.81. The van der Waals surface area contributed by atoms with E-state index in [1.807, 2.05) is 66.7 Å². The summed E-state index contributed by atoms with van der Waals surface area (Å²) in [4.78, 5) is 15.1. The number of para-hydroxylation sites is 2. The van der Waals surface area contributed by atoms with E-state index < -0.39 is 0 Å². The normalized spacial score (nSPS) is 11.0. The molecule has 0 spiro atoms. The van der Waals surface area contributed by atoms with Crippen LogP contribution in [0.2, 0.25) is 0 Å². The van der Waals surface area contributed by atoms with E-state index in [1.165, 1.54) is 4.57 Å². The third kappa shape index (κ3) is 2.21. The summed E-state index contributed by atoms with van der Waals surface area (Å²) >= 11 is 0. The minimum Gasteiger partial charge on any atom is -0.506 e. The predicted molar refractivity (Wildman–Crippen MR) is 91.0 cm³/mol.